The van der Waals surface area contributed by atoms with E-state index in [0.717, 1.165) is 56.1 Å². The van der Waals surface area contributed by atoms with Gasteiger partial charge in [-0.3, -0.25) is 4.90 Å². The number of rotatable bonds is 7. The first kappa shape index (κ1) is 21.2. The minimum Gasteiger partial charge on any atom is -0.383 e. The van der Waals surface area contributed by atoms with E-state index < -0.39 is 0 Å². The number of nitrogens with one attached hydrogen (secondary N) is 1. The van der Waals surface area contributed by atoms with E-state index in [9.17, 15) is 0 Å². The minimum absolute atomic E-state index is 0.568. The van der Waals surface area contributed by atoms with E-state index in [0.29, 0.717) is 12.0 Å². The molecule has 1 aromatic carbocycles. The molecule has 2 aromatic heterocycles. The van der Waals surface area contributed by atoms with Crippen LogP contribution in [-0.4, -0.2) is 65.9 Å². The molecule has 1 N–H and O–H groups in total. The van der Waals surface area contributed by atoms with Crippen molar-refractivity contribution in [3.8, 4) is 0 Å². The molecule has 0 bridgehead atoms. The smallest absolute Gasteiger partial charge is 0.229 e. The zero-order chi connectivity index (χ0) is 21.8. The predicted molar refractivity (Wildman–Crippen MR) is 130 cm³/mol. The molecule has 0 amide bonds. The maximum Gasteiger partial charge on any atom is 0.229 e. The van der Waals surface area contributed by atoms with Gasteiger partial charge in [-0.2, -0.15) is 4.98 Å². The molecule has 1 saturated heterocycles. The second kappa shape index (κ2) is 9.88. The van der Waals surface area contributed by atoms with Crippen LogP contribution in [-0.2, 0) is 4.74 Å². The van der Waals surface area contributed by atoms with Gasteiger partial charge in [0.05, 0.1) is 6.61 Å². The summed E-state index contributed by atoms with van der Waals surface area (Å²) in [7, 11) is 1.77. The molecule has 0 atom stereocenters. The number of anilines is 3. The van der Waals surface area contributed by atoms with E-state index in [4.69, 9.17) is 9.72 Å². The van der Waals surface area contributed by atoms with Crippen molar-refractivity contribution in [2.75, 3.05) is 56.7 Å². The highest BCUT2D eigenvalue weighted by molar-refractivity contribution is 5.77. The molecule has 170 valence electrons. The molecular weight excluding hydrogens is 400 g/mol. The normalized spacial score (nSPS) is 18.3. The van der Waals surface area contributed by atoms with Crippen LogP contribution in [0.5, 0.6) is 0 Å². The molecule has 0 radical (unpaired) electrons. The van der Waals surface area contributed by atoms with E-state index in [1.165, 1.54) is 37.8 Å². The number of aromatic nitrogens is 3. The quantitative estimate of drug-likeness (QED) is 0.593. The number of benzene rings is 1. The molecule has 0 unspecified atom stereocenters. The number of piperazine rings is 1. The predicted octanol–water partition coefficient (Wildman–Crippen LogP) is 4.45. The Hall–Kier alpha value is -2.64. The molecule has 2 aliphatic rings. The number of methoxy groups -OCH3 is 1. The topological polar surface area (TPSA) is 58.5 Å². The summed E-state index contributed by atoms with van der Waals surface area (Å²) < 4.78 is 7.56. The Kier molecular flexibility index (Phi) is 6.55. The number of hydrogen-bond acceptors (Lipinski definition) is 6. The number of hydrogen-bond donors (Lipinski definition) is 1. The highest BCUT2D eigenvalue weighted by Gasteiger charge is 2.18. The third kappa shape index (κ3) is 4.74. The van der Waals surface area contributed by atoms with Crippen LogP contribution < -0.4 is 10.2 Å². The van der Waals surface area contributed by atoms with Crippen LogP contribution >= 0.6 is 0 Å². The second-order valence-corrected chi connectivity index (χ2v) is 8.98. The highest BCUT2D eigenvalue weighted by Crippen LogP contribution is 2.31. The third-order valence-electron chi connectivity index (χ3n) is 6.90. The van der Waals surface area contributed by atoms with E-state index in [1.807, 2.05) is 6.20 Å². The first-order chi connectivity index (χ1) is 15.8. The lowest BCUT2D eigenvalue weighted by atomic mass is 9.95. The average molecular weight is 435 g/mol. The van der Waals surface area contributed by atoms with Gasteiger partial charge in [0.1, 0.15) is 5.65 Å². The summed E-state index contributed by atoms with van der Waals surface area (Å²) in [5, 5.41) is 4.51. The van der Waals surface area contributed by atoms with Crippen molar-refractivity contribution in [1.82, 2.24) is 19.4 Å². The highest BCUT2D eigenvalue weighted by atomic mass is 16.5. The van der Waals surface area contributed by atoms with Gasteiger partial charge >= 0.3 is 0 Å². The van der Waals surface area contributed by atoms with E-state index in [1.54, 1.807) is 7.11 Å². The van der Waals surface area contributed by atoms with E-state index >= 15 is 0 Å². The largest absolute Gasteiger partial charge is 0.383 e. The van der Waals surface area contributed by atoms with Crippen LogP contribution in [0, 0.1) is 0 Å². The SMILES string of the molecule is COCCN1CCN(c2ccc(Nc3ncc4ccn(C5CCCCC5)c4n3)cc2)CC1. The molecule has 7 heteroatoms. The van der Waals surface area contributed by atoms with Crippen molar-refractivity contribution in [2.45, 2.75) is 38.1 Å². The van der Waals surface area contributed by atoms with Crippen LogP contribution in [0.2, 0.25) is 0 Å². The summed E-state index contributed by atoms with van der Waals surface area (Å²) in [6.07, 6.45) is 10.6. The van der Waals surface area contributed by atoms with Crippen molar-refractivity contribution in [3.63, 3.8) is 0 Å². The molecular formula is C25H34N6O. The molecule has 5 rings (SSSR count). The Labute approximate surface area is 190 Å². The van der Waals surface area contributed by atoms with Crippen LogP contribution in [0.25, 0.3) is 11.0 Å². The zero-order valence-electron chi connectivity index (χ0n) is 19.0. The zero-order valence-corrected chi connectivity index (χ0v) is 19.0. The molecule has 32 heavy (non-hydrogen) atoms. The second-order valence-electron chi connectivity index (χ2n) is 8.98. The molecule has 1 aliphatic heterocycles. The number of nitrogens with zero attached hydrogens (tertiary/aromatic N) is 5. The van der Waals surface area contributed by atoms with E-state index in [-0.39, 0.29) is 0 Å². The lowest BCUT2D eigenvalue weighted by Crippen LogP contribution is -2.47. The number of ether oxygens (including phenoxy) is 1. The van der Waals surface area contributed by atoms with Gasteiger partial charge < -0.3 is 19.5 Å². The summed E-state index contributed by atoms with van der Waals surface area (Å²) >= 11 is 0. The molecule has 0 spiro atoms. The molecule has 7 nitrogen and oxygen atoms in total. The first-order valence-electron chi connectivity index (χ1n) is 12.0. The summed E-state index contributed by atoms with van der Waals surface area (Å²) in [5.41, 5.74) is 3.32. The van der Waals surface area contributed by atoms with Crippen LogP contribution in [0.15, 0.2) is 42.7 Å². The van der Waals surface area contributed by atoms with Gasteiger partial charge in [-0.1, -0.05) is 19.3 Å². The monoisotopic (exact) mass is 434 g/mol. The van der Waals surface area contributed by atoms with E-state index in [2.05, 4.69) is 61.2 Å². The van der Waals surface area contributed by atoms with Crippen molar-refractivity contribution in [1.29, 1.82) is 0 Å². The average Bonchev–Trinajstić information content (AvgIpc) is 3.27. The molecule has 3 aromatic rings. The van der Waals surface area contributed by atoms with Crippen molar-refractivity contribution >= 4 is 28.4 Å². The fraction of sp³-hybridized carbons (Fsp3) is 0.520. The summed E-state index contributed by atoms with van der Waals surface area (Å²) in [5.74, 6) is 0.660. The van der Waals surface area contributed by atoms with Gasteiger partial charge in [0, 0.05) is 75.0 Å². The summed E-state index contributed by atoms with van der Waals surface area (Å²) in [6, 6.07) is 11.3. The van der Waals surface area contributed by atoms with Gasteiger partial charge in [-0.25, -0.2) is 4.98 Å². The van der Waals surface area contributed by atoms with Crippen LogP contribution in [0.3, 0.4) is 0 Å². The maximum absolute atomic E-state index is 5.20. The lowest BCUT2D eigenvalue weighted by molar-refractivity contribution is 0.144. The molecule has 3 heterocycles. The van der Waals surface area contributed by atoms with Crippen LogP contribution in [0.1, 0.15) is 38.1 Å². The molecule has 2 fully saturated rings. The Morgan fingerprint density at radius 1 is 1.00 bits per heavy atom. The summed E-state index contributed by atoms with van der Waals surface area (Å²) in [6.45, 7) is 6.08. The number of fused-ring (bicyclic) bond motifs is 1. The van der Waals surface area contributed by atoms with Gasteiger partial charge in [-0.05, 0) is 43.2 Å². The van der Waals surface area contributed by atoms with Crippen molar-refractivity contribution in [3.05, 3.63) is 42.7 Å². The summed E-state index contributed by atoms with van der Waals surface area (Å²) in [4.78, 5) is 14.3. The van der Waals surface area contributed by atoms with Crippen molar-refractivity contribution < 1.29 is 4.74 Å². The standard InChI is InChI=1S/C25H34N6O/c1-32-18-17-29-13-15-30(16-14-29)22-9-7-21(8-10-22)27-25-26-19-20-11-12-31(24(20)28-25)23-5-3-2-4-6-23/h7-12,19,23H,2-6,13-18H2,1H3,(H,26,27,28). The Morgan fingerprint density at radius 2 is 1.78 bits per heavy atom. The lowest BCUT2D eigenvalue weighted by Gasteiger charge is -2.36. The molecule has 1 aliphatic carbocycles. The Balaban J connectivity index is 1.24. The Morgan fingerprint density at radius 3 is 2.53 bits per heavy atom. The van der Waals surface area contributed by atoms with Crippen molar-refractivity contribution in [2.24, 2.45) is 0 Å². The molecule has 1 saturated carbocycles. The fourth-order valence-electron chi connectivity index (χ4n) is 4.99. The van der Waals surface area contributed by atoms with Gasteiger partial charge in [0.15, 0.2) is 0 Å². The third-order valence-corrected chi connectivity index (χ3v) is 6.90. The Bertz CT molecular complexity index is 1000. The van der Waals surface area contributed by atoms with Gasteiger partial charge in [0.2, 0.25) is 5.95 Å². The van der Waals surface area contributed by atoms with Gasteiger partial charge in [-0.15, -0.1) is 0 Å². The van der Waals surface area contributed by atoms with Crippen LogP contribution in [0.4, 0.5) is 17.3 Å². The first-order valence-corrected chi connectivity index (χ1v) is 12.0. The fourth-order valence-corrected chi connectivity index (χ4v) is 4.99. The minimum atomic E-state index is 0.568. The van der Waals surface area contributed by atoms with Gasteiger partial charge in [0.25, 0.3) is 0 Å². The maximum atomic E-state index is 5.20.